The van der Waals surface area contributed by atoms with Crippen molar-refractivity contribution in [1.82, 2.24) is 24.4 Å². The number of carbonyl (C=O) groups excluding carboxylic acids is 2. The minimum absolute atomic E-state index is 0.0134. The summed E-state index contributed by atoms with van der Waals surface area (Å²) < 4.78 is 1.98. The van der Waals surface area contributed by atoms with Crippen LogP contribution in [0.5, 0.6) is 0 Å². The molecular formula is C26H30N6O2. The van der Waals surface area contributed by atoms with Gasteiger partial charge in [-0.25, -0.2) is 9.97 Å². The van der Waals surface area contributed by atoms with Crippen molar-refractivity contribution in [3.05, 3.63) is 48.4 Å². The molecule has 34 heavy (non-hydrogen) atoms. The monoisotopic (exact) mass is 458 g/mol. The zero-order valence-electron chi connectivity index (χ0n) is 19.8. The number of nitrogens with zero attached hydrogens (tertiary/aromatic N) is 4. The number of hydrogen-bond acceptors (Lipinski definition) is 5. The summed E-state index contributed by atoms with van der Waals surface area (Å²) in [6.45, 7) is 7.34. The van der Waals surface area contributed by atoms with Gasteiger partial charge in [-0.15, -0.1) is 0 Å². The fourth-order valence-electron chi connectivity index (χ4n) is 4.57. The second kappa shape index (κ2) is 8.36. The van der Waals surface area contributed by atoms with Crippen LogP contribution < -0.4 is 5.73 Å². The second-order valence-electron chi connectivity index (χ2n) is 10.1. The van der Waals surface area contributed by atoms with Crippen molar-refractivity contribution in [3.8, 4) is 11.3 Å². The van der Waals surface area contributed by atoms with E-state index in [0.717, 1.165) is 29.3 Å². The number of likely N-dealkylation sites (tertiary alicyclic amines) is 1. The molecule has 8 nitrogen and oxygen atoms in total. The highest BCUT2D eigenvalue weighted by molar-refractivity contribution is 6.08. The average molecular weight is 459 g/mol. The minimum atomic E-state index is -0.526. The molecule has 0 atom stereocenters. The molecule has 1 fully saturated rings. The minimum Gasteiger partial charge on any atom is -0.344 e. The van der Waals surface area contributed by atoms with Gasteiger partial charge in [0.2, 0.25) is 5.91 Å². The predicted octanol–water partition coefficient (Wildman–Crippen LogP) is 3.76. The normalized spacial score (nSPS) is 15.4. The Morgan fingerprint density at radius 3 is 2.65 bits per heavy atom. The van der Waals surface area contributed by atoms with E-state index in [1.807, 2.05) is 60.7 Å². The number of fused-ring (bicyclic) bond motifs is 2. The number of piperidine rings is 1. The summed E-state index contributed by atoms with van der Waals surface area (Å²) >= 11 is 0. The van der Waals surface area contributed by atoms with Crippen molar-refractivity contribution in [2.45, 2.75) is 46.2 Å². The number of aromatic nitrogens is 4. The van der Waals surface area contributed by atoms with Crippen molar-refractivity contribution in [1.29, 1.82) is 0 Å². The first-order valence-corrected chi connectivity index (χ1v) is 11.7. The van der Waals surface area contributed by atoms with Gasteiger partial charge in [0.1, 0.15) is 12.1 Å². The molecule has 4 heterocycles. The van der Waals surface area contributed by atoms with Crippen LogP contribution in [0.1, 0.15) is 44.0 Å². The first-order chi connectivity index (χ1) is 16.2. The number of ketones is 1. The van der Waals surface area contributed by atoms with Crippen LogP contribution in [0.2, 0.25) is 0 Å². The Hall–Kier alpha value is -3.52. The van der Waals surface area contributed by atoms with Crippen LogP contribution in [0.25, 0.3) is 33.3 Å². The molecule has 4 aromatic rings. The fourth-order valence-corrected chi connectivity index (χ4v) is 4.57. The van der Waals surface area contributed by atoms with Crippen LogP contribution >= 0.6 is 0 Å². The summed E-state index contributed by atoms with van der Waals surface area (Å²) in [4.78, 5) is 40.3. The Labute approximate surface area is 198 Å². The Morgan fingerprint density at radius 1 is 1.18 bits per heavy atom. The zero-order chi connectivity index (χ0) is 24.0. The van der Waals surface area contributed by atoms with Gasteiger partial charge in [0.05, 0.1) is 17.5 Å². The molecule has 1 aliphatic heterocycles. The Kier molecular flexibility index (Phi) is 5.48. The third-order valence-corrected chi connectivity index (χ3v) is 6.57. The van der Waals surface area contributed by atoms with Crippen LogP contribution in [0.4, 0.5) is 0 Å². The van der Waals surface area contributed by atoms with Gasteiger partial charge >= 0.3 is 0 Å². The highest BCUT2D eigenvalue weighted by atomic mass is 16.2. The van der Waals surface area contributed by atoms with Gasteiger partial charge in [-0.3, -0.25) is 9.59 Å². The Balaban J connectivity index is 1.53. The van der Waals surface area contributed by atoms with E-state index in [-0.39, 0.29) is 24.3 Å². The molecule has 1 saturated heterocycles. The van der Waals surface area contributed by atoms with Gasteiger partial charge in [-0.2, -0.15) is 0 Å². The van der Waals surface area contributed by atoms with E-state index in [9.17, 15) is 9.59 Å². The number of Topliss-reactive ketones (excluding diaryl/α,β-unsaturated/α-hetero) is 1. The first-order valence-electron chi connectivity index (χ1n) is 11.7. The molecule has 0 radical (unpaired) electrons. The van der Waals surface area contributed by atoms with Gasteiger partial charge < -0.3 is 20.2 Å². The summed E-state index contributed by atoms with van der Waals surface area (Å²) in [6, 6.07) is 8.15. The Bertz CT molecular complexity index is 1390. The van der Waals surface area contributed by atoms with E-state index in [1.165, 1.54) is 0 Å². The van der Waals surface area contributed by atoms with Gasteiger partial charge in [-0.05, 0) is 18.9 Å². The number of H-pyrrole nitrogens is 1. The van der Waals surface area contributed by atoms with E-state index in [2.05, 4.69) is 9.97 Å². The molecule has 3 N–H and O–H groups in total. The van der Waals surface area contributed by atoms with Crippen LogP contribution in [-0.2, 0) is 11.3 Å². The first kappa shape index (κ1) is 22.3. The number of hydrogen-bond donors (Lipinski definition) is 2. The number of nitrogens with one attached hydrogen (secondary N) is 1. The molecule has 1 aromatic carbocycles. The third-order valence-electron chi connectivity index (χ3n) is 6.57. The summed E-state index contributed by atoms with van der Waals surface area (Å²) in [5, 5.41) is 0.990. The van der Waals surface area contributed by atoms with Crippen molar-refractivity contribution in [2.24, 2.45) is 11.1 Å². The number of nitrogens with two attached hydrogens (primary N) is 1. The van der Waals surface area contributed by atoms with E-state index >= 15 is 0 Å². The highest BCUT2D eigenvalue weighted by Crippen LogP contribution is 2.32. The van der Waals surface area contributed by atoms with Crippen LogP contribution in [-0.4, -0.2) is 55.2 Å². The predicted molar refractivity (Wildman–Crippen MR) is 132 cm³/mol. The molecule has 3 aromatic heterocycles. The Morgan fingerprint density at radius 2 is 1.91 bits per heavy atom. The number of rotatable bonds is 4. The molecule has 8 heteroatoms. The van der Waals surface area contributed by atoms with Gasteiger partial charge in [0, 0.05) is 53.4 Å². The van der Waals surface area contributed by atoms with Crippen molar-refractivity contribution in [2.75, 3.05) is 13.1 Å². The molecule has 5 rings (SSSR count). The molecule has 0 aliphatic carbocycles. The topological polar surface area (TPSA) is 110 Å². The molecule has 0 bridgehead atoms. The summed E-state index contributed by atoms with van der Waals surface area (Å²) in [5.41, 5.74) is 9.67. The summed E-state index contributed by atoms with van der Waals surface area (Å²) in [6.07, 6.45) is 7.04. The SMILES string of the molecule is CC(C)(C)C(=O)c1c[nH]c2ncc(-c3cn(CC(=O)N4CCC(N)CC4)c4ccccc34)nc12. The van der Waals surface area contributed by atoms with E-state index in [1.54, 1.807) is 12.4 Å². The molecule has 1 aliphatic rings. The zero-order valence-corrected chi connectivity index (χ0v) is 19.8. The average Bonchev–Trinajstić information content (AvgIpc) is 3.39. The van der Waals surface area contributed by atoms with E-state index in [0.29, 0.717) is 35.5 Å². The number of amides is 1. The lowest BCUT2D eigenvalue weighted by Gasteiger charge is -2.30. The maximum atomic E-state index is 13.0. The van der Waals surface area contributed by atoms with Gasteiger partial charge in [0.25, 0.3) is 0 Å². The van der Waals surface area contributed by atoms with Crippen molar-refractivity contribution in [3.63, 3.8) is 0 Å². The standard InChI is InChI=1S/C26H30N6O2/c1-26(2,3)24(34)18-12-28-25-23(18)30-20(13-29-25)19-14-32(21-7-5-4-6-17(19)21)15-22(33)31-10-8-16(27)9-11-31/h4-7,12-14,16H,8-11,15,27H2,1-3H3,(H,28,29). The van der Waals surface area contributed by atoms with Gasteiger partial charge in [0.15, 0.2) is 11.4 Å². The largest absolute Gasteiger partial charge is 0.344 e. The molecule has 0 spiro atoms. The second-order valence-corrected chi connectivity index (χ2v) is 10.1. The highest BCUT2D eigenvalue weighted by Gasteiger charge is 2.27. The molecule has 1 amide bonds. The lowest BCUT2D eigenvalue weighted by atomic mass is 9.87. The van der Waals surface area contributed by atoms with Crippen molar-refractivity contribution >= 4 is 33.8 Å². The molecule has 0 unspecified atom stereocenters. The fraction of sp³-hybridized carbons (Fsp3) is 0.385. The lowest BCUT2D eigenvalue weighted by Crippen LogP contribution is -2.44. The molecule has 0 saturated carbocycles. The van der Waals surface area contributed by atoms with Crippen LogP contribution in [0.15, 0.2) is 42.9 Å². The molecule has 176 valence electrons. The van der Waals surface area contributed by atoms with Crippen molar-refractivity contribution < 1.29 is 9.59 Å². The van der Waals surface area contributed by atoms with Gasteiger partial charge in [-0.1, -0.05) is 39.0 Å². The quantitative estimate of drug-likeness (QED) is 0.453. The smallest absolute Gasteiger partial charge is 0.242 e. The van der Waals surface area contributed by atoms with E-state index < -0.39 is 5.41 Å². The third kappa shape index (κ3) is 3.98. The number of aromatic amines is 1. The molecular weight excluding hydrogens is 428 g/mol. The van der Waals surface area contributed by atoms with Crippen LogP contribution in [0, 0.1) is 5.41 Å². The number of benzene rings is 1. The maximum absolute atomic E-state index is 13.0. The summed E-state index contributed by atoms with van der Waals surface area (Å²) in [7, 11) is 0. The lowest BCUT2D eigenvalue weighted by molar-refractivity contribution is -0.132. The number of para-hydroxylation sites is 1. The summed E-state index contributed by atoms with van der Waals surface area (Å²) in [5.74, 6) is 0.101. The maximum Gasteiger partial charge on any atom is 0.242 e. The van der Waals surface area contributed by atoms with E-state index in [4.69, 9.17) is 10.7 Å². The van der Waals surface area contributed by atoms with Crippen LogP contribution in [0.3, 0.4) is 0 Å². The number of carbonyl (C=O) groups is 2.